The molecule has 1 fully saturated rings. The molecule has 1 saturated heterocycles. The van der Waals surface area contributed by atoms with E-state index in [-0.39, 0.29) is 11.8 Å². The van der Waals surface area contributed by atoms with Crippen molar-refractivity contribution in [1.29, 1.82) is 0 Å². The molecule has 0 unspecified atom stereocenters. The van der Waals surface area contributed by atoms with Gasteiger partial charge in [-0.1, -0.05) is 0 Å². The van der Waals surface area contributed by atoms with Gasteiger partial charge in [0, 0.05) is 45.2 Å². The second-order valence-corrected chi connectivity index (χ2v) is 7.11. The molecule has 140 valence electrons. The van der Waals surface area contributed by atoms with Gasteiger partial charge in [0.2, 0.25) is 0 Å². The molecule has 1 amide bonds. The zero-order chi connectivity index (χ0) is 19.0. The fraction of sp³-hybridized carbons (Fsp3) is 0.353. The first-order chi connectivity index (χ1) is 13.0. The van der Waals surface area contributed by atoms with Crippen LogP contribution in [0.15, 0.2) is 29.3 Å². The van der Waals surface area contributed by atoms with Crippen molar-refractivity contribution in [2.24, 2.45) is 12.8 Å². The largest absolute Gasteiger partial charge is 0.490 e. The van der Waals surface area contributed by atoms with Crippen molar-refractivity contribution >= 4 is 38.7 Å². The number of ether oxygens (including phenoxy) is 1. The average molecular weight is 432 g/mol. The number of aromatic nitrogens is 5. The fourth-order valence-electron chi connectivity index (χ4n) is 3.26. The minimum atomic E-state index is -0.565. The number of piperidine rings is 1. The van der Waals surface area contributed by atoms with Crippen LogP contribution in [0.25, 0.3) is 11.0 Å². The van der Waals surface area contributed by atoms with Crippen molar-refractivity contribution in [3.63, 3.8) is 0 Å². The lowest BCUT2D eigenvalue weighted by atomic mass is 10.1. The van der Waals surface area contributed by atoms with Crippen LogP contribution in [-0.2, 0) is 7.05 Å². The lowest BCUT2D eigenvalue weighted by Crippen LogP contribution is -2.38. The first-order valence-electron chi connectivity index (χ1n) is 8.53. The van der Waals surface area contributed by atoms with E-state index in [9.17, 15) is 4.79 Å². The third-order valence-corrected chi connectivity index (χ3v) is 5.14. The zero-order valence-electron chi connectivity index (χ0n) is 14.7. The van der Waals surface area contributed by atoms with Crippen LogP contribution < -0.4 is 15.4 Å². The number of nitrogens with two attached hydrogens (primary N) is 1. The average Bonchev–Trinajstić information content (AvgIpc) is 2.97. The van der Waals surface area contributed by atoms with Crippen LogP contribution in [0.1, 0.15) is 23.3 Å². The third-order valence-electron chi connectivity index (χ3n) is 4.59. The summed E-state index contributed by atoms with van der Waals surface area (Å²) in [5.41, 5.74) is 6.27. The van der Waals surface area contributed by atoms with E-state index >= 15 is 0 Å². The normalized spacial score (nSPS) is 15.3. The summed E-state index contributed by atoms with van der Waals surface area (Å²) in [6.07, 6.45) is 4.81. The van der Waals surface area contributed by atoms with Crippen molar-refractivity contribution in [2.75, 3.05) is 18.0 Å². The Morgan fingerprint density at radius 3 is 2.81 bits per heavy atom. The molecular weight excluding hydrogens is 414 g/mol. The molecule has 0 bridgehead atoms. The standard InChI is InChI=1S/C17H18BrN7O2/c1-24-16-13(14(18)23-24)17(22-9-21-16)25-6-3-10(4-7-25)27-11-2-5-20-12(8-11)15(19)26/h2,5,8-10H,3-4,6-7H2,1H3,(H2,19,26). The maximum Gasteiger partial charge on any atom is 0.267 e. The van der Waals surface area contributed by atoms with Gasteiger partial charge >= 0.3 is 0 Å². The van der Waals surface area contributed by atoms with E-state index in [4.69, 9.17) is 10.5 Å². The number of anilines is 1. The number of amides is 1. The number of hydrogen-bond donors (Lipinski definition) is 1. The van der Waals surface area contributed by atoms with E-state index in [1.54, 1.807) is 23.1 Å². The summed E-state index contributed by atoms with van der Waals surface area (Å²) in [6, 6.07) is 3.31. The molecule has 10 heteroatoms. The highest BCUT2D eigenvalue weighted by molar-refractivity contribution is 9.10. The minimum absolute atomic E-state index is 0.0547. The zero-order valence-corrected chi connectivity index (χ0v) is 16.3. The molecule has 2 N–H and O–H groups in total. The van der Waals surface area contributed by atoms with E-state index in [0.717, 1.165) is 47.4 Å². The Labute approximate surface area is 163 Å². The number of nitrogens with zero attached hydrogens (tertiary/aromatic N) is 6. The van der Waals surface area contributed by atoms with E-state index in [1.165, 1.54) is 6.20 Å². The number of hydrogen-bond acceptors (Lipinski definition) is 7. The van der Waals surface area contributed by atoms with Gasteiger partial charge < -0.3 is 15.4 Å². The lowest BCUT2D eigenvalue weighted by molar-refractivity contribution is 0.0994. The van der Waals surface area contributed by atoms with Gasteiger partial charge in [-0.25, -0.2) is 14.6 Å². The Kier molecular flexibility index (Phi) is 4.65. The summed E-state index contributed by atoms with van der Waals surface area (Å²) >= 11 is 3.50. The van der Waals surface area contributed by atoms with Gasteiger partial charge in [-0.05, 0) is 22.0 Å². The summed E-state index contributed by atoms with van der Waals surface area (Å²) in [6.45, 7) is 1.59. The number of pyridine rings is 1. The number of primary amides is 1. The Morgan fingerprint density at radius 2 is 2.07 bits per heavy atom. The highest BCUT2D eigenvalue weighted by Gasteiger charge is 2.25. The summed E-state index contributed by atoms with van der Waals surface area (Å²) in [5.74, 6) is 0.917. The topological polar surface area (TPSA) is 112 Å². The first-order valence-corrected chi connectivity index (χ1v) is 9.33. The Bertz CT molecular complexity index is 998. The molecule has 1 aliphatic heterocycles. The monoisotopic (exact) mass is 431 g/mol. The molecule has 4 rings (SSSR count). The molecule has 4 heterocycles. The highest BCUT2D eigenvalue weighted by atomic mass is 79.9. The van der Waals surface area contributed by atoms with Gasteiger partial charge in [-0.15, -0.1) is 0 Å². The Balaban J connectivity index is 1.47. The van der Waals surface area contributed by atoms with Crippen LogP contribution in [0.5, 0.6) is 5.75 Å². The molecular formula is C17H18BrN7O2. The maximum absolute atomic E-state index is 11.3. The second-order valence-electron chi connectivity index (χ2n) is 6.36. The lowest BCUT2D eigenvalue weighted by Gasteiger charge is -2.33. The highest BCUT2D eigenvalue weighted by Crippen LogP contribution is 2.31. The van der Waals surface area contributed by atoms with E-state index in [0.29, 0.717) is 5.75 Å². The molecule has 3 aromatic heterocycles. The van der Waals surface area contributed by atoms with Gasteiger partial charge in [-0.3, -0.25) is 9.78 Å². The van der Waals surface area contributed by atoms with Gasteiger partial charge in [0.05, 0.1) is 5.39 Å². The number of aryl methyl sites for hydroxylation is 1. The van der Waals surface area contributed by atoms with Crippen molar-refractivity contribution in [3.8, 4) is 5.75 Å². The number of halogens is 1. The summed E-state index contributed by atoms with van der Waals surface area (Å²) in [7, 11) is 1.86. The third kappa shape index (κ3) is 3.44. The van der Waals surface area contributed by atoms with E-state index < -0.39 is 5.91 Å². The minimum Gasteiger partial charge on any atom is -0.490 e. The number of carbonyl (C=O) groups excluding carboxylic acids is 1. The molecule has 0 aromatic carbocycles. The quantitative estimate of drug-likeness (QED) is 0.668. The van der Waals surface area contributed by atoms with Crippen molar-refractivity contribution in [3.05, 3.63) is 35.0 Å². The van der Waals surface area contributed by atoms with Crippen molar-refractivity contribution < 1.29 is 9.53 Å². The van der Waals surface area contributed by atoms with Gasteiger partial charge in [0.25, 0.3) is 5.91 Å². The molecule has 0 aliphatic carbocycles. The smallest absolute Gasteiger partial charge is 0.267 e. The molecule has 27 heavy (non-hydrogen) atoms. The van der Waals surface area contributed by atoms with Crippen LogP contribution in [0.2, 0.25) is 0 Å². The molecule has 0 atom stereocenters. The number of carbonyl (C=O) groups is 1. The Hall–Kier alpha value is -2.75. The van der Waals surface area contributed by atoms with Crippen LogP contribution >= 0.6 is 15.9 Å². The maximum atomic E-state index is 11.3. The van der Waals surface area contributed by atoms with Crippen LogP contribution in [0, 0.1) is 0 Å². The van der Waals surface area contributed by atoms with Gasteiger partial charge in [0.15, 0.2) is 5.65 Å². The molecule has 1 aliphatic rings. The summed E-state index contributed by atoms with van der Waals surface area (Å²) < 4.78 is 8.49. The summed E-state index contributed by atoms with van der Waals surface area (Å²) in [4.78, 5) is 26.2. The van der Waals surface area contributed by atoms with Crippen molar-refractivity contribution in [1.82, 2.24) is 24.7 Å². The predicted octanol–water partition coefficient (Wildman–Crippen LogP) is 1.67. The SMILES string of the molecule is Cn1nc(Br)c2c(N3CCC(Oc4ccnc(C(N)=O)c4)CC3)ncnc21. The van der Waals surface area contributed by atoms with Crippen LogP contribution in [0.3, 0.4) is 0 Å². The molecule has 0 spiro atoms. The van der Waals surface area contributed by atoms with Crippen LogP contribution in [0.4, 0.5) is 5.82 Å². The molecule has 0 radical (unpaired) electrons. The van der Waals surface area contributed by atoms with E-state index in [2.05, 4.69) is 40.9 Å². The van der Waals surface area contributed by atoms with Gasteiger partial charge in [0.1, 0.15) is 34.3 Å². The van der Waals surface area contributed by atoms with Gasteiger partial charge in [-0.2, -0.15) is 5.10 Å². The predicted molar refractivity (Wildman–Crippen MR) is 103 cm³/mol. The van der Waals surface area contributed by atoms with Crippen LogP contribution in [-0.4, -0.2) is 49.8 Å². The van der Waals surface area contributed by atoms with E-state index in [1.807, 2.05) is 7.05 Å². The molecule has 3 aromatic rings. The first kappa shape index (κ1) is 17.7. The fourth-order valence-corrected chi connectivity index (χ4v) is 3.86. The number of rotatable bonds is 4. The Morgan fingerprint density at radius 1 is 1.30 bits per heavy atom. The molecule has 0 saturated carbocycles. The summed E-state index contributed by atoms with van der Waals surface area (Å²) in [5, 5.41) is 5.29. The molecule has 9 nitrogen and oxygen atoms in total. The number of fused-ring (bicyclic) bond motifs is 1. The second kappa shape index (κ2) is 7.10. The van der Waals surface area contributed by atoms with Crippen molar-refractivity contribution in [2.45, 2.75) is 18.9 Å².